The number of nitrogens with one attached hydrogen (secondary N) is 1. The molecule has 1 fully saturated rings. The Morgan fingerprint density at radius 2 is 2.08 bits per heavy atom. The third kappa shape index (κ3) is 4.05. The third-order valence-electron chi connectivity index (χ3n) is 4.51. The Kier molecular flexibility index (Phi) is 5.12. The molecule has 0 spiro atoms. The number of aromatic amines is 1. The van der Waals surface area contributed by atoms with Crippen LogP contribution in [0.2, 0.25) is 0 Å². The van der Waals surface area contributed by atoms with Gasteiger partial charge < -0.3 is 5.73 Å². The molecule has 7 nitrogen and oxygen atoms in total. The van der Waals surface area contributed by atoms with Gasteiger partial charge >= 0.3 is 5.69 Å². The van der Waals surface area contributed by atoms with Crippen LogP contribution < -0.4 is 17.0 Å². The van der Waals surface area contributed by atoms with Crippen LogP contribution in [0.3, 0.4) is 0 Å². The van der Waals surface area contributed by atoms with Gasteiger partial charge in [0.05, 0.1) is 18.2 Å². The Bertz CT molecular complexity index is 909. The van der Waals surface area contributed by atoms with Crippen LogP contribution in [0, 0.1) is 11.3 Å². The highest BCUT2D eigenvalue weighted by Crippen LogP contribution is 2.13. The predicted octanol–water partition coefficient (Wildman–Crippen LogP) is 0.380. The van der Waals surface area contributed by atoms with Gasteiger partial charge in [0.2, 0.25) is 0 Å². The predicted molar refractivity (Wildman–Crippen MR) is 94.1 cm³/mol. The Balaban J connectivity index is 1.94. The molecule has 2 aromatic rings. The van der Waals surface area contributed by atoms with Gasteiger partial charge in [-0.05, 0) is 31.0 Å². The average Bonchev–Trinajstić information content (AvgIpc) is 2.58. The van der Waals surface area contributed by atoms with E-state index in [1.807, 2.05) is 12.1 Å². The minimum atomic E-state index is -0.462. The van der Waals surface area contributed by atoms with Gasteiger partial charge in [0.1, 0.15) is 0 Å². The van der Waals surface area contributed by atoms with Crippen LogP contribution in [0.5, 0.6) is 0 Å². The van der Waals surface area contributed by atoms with Gasteiger partial charge in [0, 0.05) is 30.9 Å². The fourth-order valence-corrected chi connectivity index (χ4v) is 3.27. The number of piperidine rings is 1. The third-order valence-corrected chi connectivity index (χ3v) is 4.51. The van der Waals surface area contributed by atoms with Crippen molar-refractivity contribution in [1.82, 2.24) is 14.5 Å². The summed E-state index contributed by atoms with van der Waals surface area (Å²) in [6.45, 7) is 2.37. The molecule has 2 heterocycles. The van der Waals surface area contributed by atoms with Gasteiger partial charge in [-0.2, -0.15) is 5.26 Å². The largest absolute Gasteiger partial charge is 0.328 e. The number of nitrogens with two attached hydrogens (primary N) is 1. The lowest BCUT2D eigenvalue weighted by molar-refractivity contribution is 0.196. The van der Waals surface area contributed by atoms with Crippen molar-refractivity contribution >= 4 is 0 Å². The molecule has 1 saturated heterocycles. The molecular weight excluding hydrogens is 318 g/mol. The Hall–Kier alpha value is -2.69. The van der Waals surface area contributed by atoms with Gasteiger partial charge in [-0.3, -0.25) is 19.2 Å². The molecule has 1 aromatic carbocycles. The molecule has 25 heavy (non-hydrogen) atoms. The fourth-order valence-electron chi connectivity index (χ4n) is 3.27. The molecule has 1 atom stereocenters. The molecule has 0 aliphatic carbocycles. The van der Waals surface area contributed by atoms with E-state index < -0.39 is 11.2 Å². The highest BCUT2D eigenvalue weighted by molar-refractivity contribution is 5.37. The molecule has 0 radical (unpaired) electrons. The van der Waals surface area contributed by atoms with Crippen molar-refractivity contribution in [3.8, 4) is 6.07 Å². The first-order valence-electron chi connectivity index (χ1n) is 8.36. The number of nitriles is 1. The van der Waals surface area contributed by atoms with E-state index in [9.17, 15) is 14.9 Å². The van der Waals surface area contributed by atoms with E-state index in [1.165, 1.54) is 10.6 Å². The zero-order valence-electron chi connectivity index (χ0n) is 13.9. The Labute approximate surface area is 145 Å². The maximum Gasteiger partial charge on any atom is 0.328 e. The average molecular weight is 339 g/mol. The number of rotatable bonds is 4. The van der Waals surface area contributed by atoms with Crippen LogP contribution in [0.1, 0.15) is 29.7 Å². The fraction of sp³-hybridized carbons (Fsp3) is 0.389. The second-order valence-corrected chi connectivity index (χ2v) is 6.42. The van der Waals surface area contributed by atoms with Gasteiger partial charge in [-0.15, -0.1) is 0 Å². The van der Waals surface area contributed by atoms with Crippen molar-refractivity contribution in [2.75, 3.05) is 13.1 Å². The van der Waals surface area contributed by atoms with Crippen molar-refractivity contribution in [3.05, 3.63) is 68.0 Å². The normalized spacial score (nSPS) is 18.0. The van der Waals surface area contributed by atoms with Gasteiger partial charge in [0.15, 0.2) is 0 Å². The van der Waals surface area contributed by atoms with E-state index in [1.54, 1.807) is 12.1 Å². The topological polar surface area (TPSA) is 108 Å². The lowest BCUT2D eigenvalue weighted by Crippen LogP contribution is -2.43. The molecule has 3 N–H and O–H groups in total. The number of aromatic nitrogens is 2. The molecule has 1 aliphatic heterocycles. The van der Waals surface area contributed by atoms with Gasteiger partial charge in [-0.25, -0.2) is 4.79 Å². The maximum atomic E-state index is 12.4. The number of likely N-dealkylation sites (tertiary alicyclic amines) is 1. The van der Waals surface area contributed by atoms with E-state index >= 15 is 0 Å². The van der Waals surface area contributed by atoms with Crippen molar-refractivity contribution in [2.45, 2.75) is 32.0 Å². The molecule has 1 aromatic heterocycles. The van der Waals surface area contributed by atoms with Crippen molar-refractivity contribution < 1.29 is 0 Å². The number of nitrogens with zero attached hydrogens (tertiary/aromatic N) is 3. The van der Waals surface area contributed by atoms with Gasteiger partial charge in [-0.1, -0.05) is 18.2 Å². The monoisotopic (exact) mass is 339 g/mol. The Morgan fingerprint density at radius 1 is 1.28 bits per heavy atom. The van der Waals surface area contributed by atoms with Crippen molar-refractivity contribution in [1.29, 1.82) is 5.26 Å². The van der Waals surface area contributed by atoms with Crippen LogP contribution in [-0.4, -0.2) is 33.6 Å². The lowest BCUT2D eigenvalue weighted by Gasteiger charge is -2.31. The molecule has 1 aliphatic rings. The molecule has 0 saturated carbocycles. The highest BCUT2D eigenvalue weighted by atomic mass is 16.2. The van der Waals surface area contributed by atoms with E-state index in [4.69, 9.17) is 5.73 Å². The zero-order chi connectivity index (χ0) is 17.8. The second kappa shape index (κ2) is 7.47. The second-order valence-electron chi connectivity index (χ2n) is 6.42. The summed E-state index contributed by atoms with van der Waals surface area (Å²) in [6.07, 6.45) is 2.00. The van der Waals surface area contributed by atoms with Crippen LogP contribution in [0.15, 0.2) is 39.9 Å². The SMILES string of the molecule is N#Cc1ccccc1Cn1c(CN2CCC[C@@H](N)C2)cc(=O)[nH]c1=O. The first kappa shape index (κ1) is 17.1. The molecule has 3 rings (SSSR count). The lowest BCUT2D eigenvalue weighted by atomic mass is 10.1. The number of H-pyrrole nitrogens is 1. The van der Waals surface area contributed by atoms with E-state index in [0.717, 1.165) is 31.5 Å². The van der Waals surface area contributed by atoms with Crippen LogP contribution in [0.4, 0.5) is 0 Å². The minimum absolute atomic E-state index is 0.121. The maximum absolute atomic E-state index is 12.4. The van der Waals surface area contributed by atoms with E-state index in [2.05, 4.69) is 16.0 Å². The summed E-state index contributed by atoms with van der Waals surface area (Å²) in [6, 6.07) is 10.9. The zero-order valence-corrected chi connectivity index (χ0v) is 13.9. The molecule has 0 amide bonds. The van der Waals surface area contributed by atoms with Gasteiger partial charge in [0.25, 0.3) is 5.56 Å². The number of hydrogen-bond acceptors (Lipinski definition) is 5. The minimum Gasteiger partial charge on any atom is -0.327 e. The quantitative estimate of drug-likeness (QED) is 0.837. The standard InChI is InChI=1S/C18H21N5O2/c19-9-13-4-1-2-5-14(13)10-23-16(8-17(24)21-18(23)25)12-22-7-3-6-15(20)11-22/h1-2,4-5,8,15H,3,6-7,10-12,20H2,(H,21,24,25)/t15-/m1/s1. The summed E-state index contributed by atoms with van der Waals surface area (Å²) in [5.41, 5.74) is 7.05. The summed E-state index contributed by atoms with van der Waals surface area (Å²) >= 11 is 0. The molecule has 0 bridgehead atoms. The summed E-state index contributed by atoms with van der Waals surface area (Å²) in [5.74, 6) is 0. The van der Waals surface area contributed by atoms with Crippen molar-refractivity contribution in [2.24, 2.45) is 5.73 Å². The number of hydrogen-bond donors (Lipinski definition) is 2. The molecule has 0 unspecified atom stereocenters. The van der Waals surface area contributed by atoms with E-state index in [0.29, 0.717) is 17.8 Å². The number of benzene rings is 1. The molecular formula is C18H21N5O2. The van der Waals surface area contributed by atoms with E-state index in [-0.39, 0.29) is 12.6 Å². The van der Waals surface area contributed by atoms with Crippen LogP contribution in [0.25, 0.3) is 0 Å². The summed E-state index contributed by atoms with van der Waals surface area (Å²) < 4.78 is 1.53. The van der Waals surface area contributed by atoms with Crippen LogP contribution in [-0.2, 0) is 13.1 Å². The first-order chi connectivity index (χ1) is 12.1. The van der Waals surface area contributed by atoms with Crippen molar-refractivity contribution in [3.63, 3.8) is 0 Å². The summed E-state index contributed by atoms with van der Waals surface area (Å²) in [7, 11) is 0. The summed E-state index contributed by atoms with van der Waals surface area (Å²) in [5, 5.41) is 9.25. The molecule has 7 heteroatoms. The summed E-state index contributed by atoms with van der Waals surface area (Å²) in [4.78, 5) is 28.6. The van der Waals surface area contributed by atoms with Crippen LogP contribution >= 0.6 is 0 Å². The Morgan fingerprint density at radius 3 is 2.84 bits per heavy atom. The highest BCUT2D eigenvalue weighted by Gasteiger charge is 2.19. The first-order valence-corrected chi connectivity index (χ1v) is 8.36. The smallest absolute Gasteiger partial charge is 0.327 e. The molecule has 130 valence electrons.